The van der Waals surface area contributed by atoms with Crippen LogP contribution in [0.3, 0.4) is 0 Å². The van der Waals surface area contributed by atoms with Gasteiger partial charge in [-0.25, -0.2) is 13.4 Å². The Balaban J connectivity index is 1.42. The molecule has 1 N–H and O–H groups in total. The molecule has 11 heteroatoms. The van der Waals surface area contributed by atoms with Gasteiger partial charge in [0, 0.05) is 56.5 Å². The van der Waals surface area contributed by atoms with Gasteiger partial charge in [0.15, 0.2) is 5.13 Å². The van der Waals surface area contributed by atoms with E-state index >= 15 is 0 Å². The average Bonchev–Trinajstić information content (AvgIpc) is 3.25. The predicted octanol–water partition coefficient (Wildman–Crippen LogP) is 2.01. The molecule has 0 aliphatic carbocycles. The lowest BCUT2D eigenvalue weighted by atomic mass is 10.2. The summed E-state index contributed by atoms with van der Waals surface area (Å²) >= 11 is 1.63. The van der Waals surface area contributed by atoms with E-state index in [4.69, 9.17) is 4.74 Å². The number of hydrogen-bond acceptors (Lipinski definition) is 8. The van der Waals surface area contributed by atoms with Crippen molar-refractivity contribution >= 4 is 38.1 Å². The summed E-state index contributed by atoms with van der Waals surface area (Å²) in [7, 11) is -3.64. The fourth-order valence-electron chi connectivity index (χ4n) is 4.18. The topological polar surface area (TPSA) is 95.1 Å². The molecule has 2 aromatic rings. The zero-order chi connectivity index (χ0) is 23.4. The van der Waals surface area contributed by atoms with Gasteiger partial charge in [-0.1, -0.05) is 6.07 Å². The molecule has 0 saturated carbocycles. The summed E-state index contributed by atoms with van der Waals surface area (Å²) in [5.74, 6) is -0.142. The van der Waals surface area contributed by atoms with Gasteiger partial charge in [-0.2, -0.15) is 4.31 Å². The fraction of sp³-hybridized carbons (Fsp3) is 0.545. The van der Waals surface area contributed by atoms with Crippen LogP contribution in [-0.4, -0.2) is 87.0 Å². The van der Waals surface area contributed by atoms with E-state index in [1.807, 2.05) is 18.5 Å². The molecule has 4 rings (SSSR count). The Morgan fingerprint density at radius 2 is 1.94 bits per heavy atom. The van der Waals surface area contributed by atoms with Gasteiger partial charge in [-0.3, -0.25) is 9.69 Å². The second-order valence-corrected chi connectivity index (χ2v) is 11.1. The van der Waals surface area contributed by atoms with Crippen LogP contribution in [0.5, 0.6) is 0 Å². The standard InChI is InChI=1S/C22H31N5O4S2/c1-17-4-5-19(16-20(17)33(29,30)27-11-13-31-14-12-27)24-21(28)18(2)25-7-3-8-26(10-9-25)22-23-6-15-32-22/h4-6,15-16,18H,3,7-14H2,1-2H3,(H,24,28). The van der Waals surface area contributed by atoms with Crippen molar-refractivity contribution in [3.8, 4) is 0 Å². The normalized spacial score (nSPS) is 19.8. The molecule has 0 spiro atoms. The average molecular weight is 494 g/mol. The van der Waals surface area contributed by atoms with Crippen molar-refractivity contribution in [3.63, 3.8) is 0 Å². The van der Waals surface area contributed by atoms with Crippen LogP contribution in [0.2, 0.25) is 0 Å². The zero-order valence-electron chi connectivity index (χ0n) is 19.1. The Kier molecular flexibility index (Phi) is 7.65. The van der Waals surface area contributed by atoms with Gasteiger partial charge in [0.25, 0.3) is 0 Å². The molecular formula is C22H31N5O4S2. The minimum atomic E-state index is -3.64. The molecule has 1 aromatic carbocycles. The minimum Gasteiger partial charge on any atom is -0.379 e. The number of nitrogens with one attached hydrogen (secondary N) is 1. The number of nitrogens with zero attached hydrogens (tertiary/aromatic N) is 4. The largest absolute Gasteiger partial charge is 0.379 e. The molecule has 0 bridgehead atoms. The lowest BCUT2D eigenvalue weighted by Gasteiger charge is -2.28. The molecule has 180 valence electrons. The lowest BCUT2D eigenvalue weighted by molar-refractivity contribution is -0.120. The molecule has 1 atom stereocenters. The van der Waals surface area contributed by atoms with E-state index in [9.17, 15) is 13.2 Å². The number of aryl methyl sites for hydroxylation is 1. The predicted molar refractivity (Wildman–Crippen MR) is 129 cm³/mol. The molecule has 2 saturated heterocycles. The third kappa shape index (κ3) is 5.55. The van der Waals surface area contributed by atoms with E-state index in [0.29, 0.717) is 37.6 Å². The number of ether oxygens (including phenoxy) is 1. The number of carbonyl (C=O) groups excluding carboxylic acids is 1. The number of hydrogen-bond donors (Lipinski definition) is 1. The number of carbonyl (C=O) groups is 1. The highest BCUT2D eigenvalue weighted by Crippen LogP contribution is 2.25. The van der Waals surface area contributed by atoms with Gasteiger partial charge < -0.3 is 15.0 Å². The van der Waals surface area contributed by atoms with E-state index < -0.39 is 10.0 Å². The van der Waals surface area contributed by atoms with Crippen LogP contribution in [0.4, 0.5) is 10.8 Å². The van der Waals surface area contributed by atoms with E-state index in [2.05, 4.69) is 20.1 Å². The van der Waals surface area contributed by atoms with Crippen molar-refractivity contribution in [1.82, 2.24) is 14.2 Å². The first-order valence-electron chi connectivity index (χ1n) is 11.2. The molecule has 1 aromatic heterocycles. The first-order chi connectivity index (χ1) is 15.9. The number of benzene rings is 1. The number of sulfonamides is 1. The second kappa shape index (κ2) is 10.5. The molecule has 0 radical (unpaired) electrons. The van der Waals surface area contributed by atoms with E-state index in [-0.39, 0.29) is 16.8 Å². The smallest absolute Gasteiger partial charge is 0.243 e. The number of anilines is 2. The number of morpholine rings is 1. The SMILES string of the molecule is Cc1ccc(NC(=O)C(C)N2CCCN(c3nccs3)CC2)cc1S(=O)(=O)N1CCOCC1. The highest BCUT2D eigenvalue weighted by molar-refractivity contribution is 7.89. The Labute approximate surface area is 199 Å². The molecule has 1 unspecified atom stereocenters. The van der Waals surface area contributed by atoms with Gasteiger partial charge >= 0.3 is 0 Å². The summed E-state index contributed by atoms with van der Waals surface area (Å²) < 4.78 is 33.0. The highest BCUT2D eigenvalue weighted by atomic mass is 32.2. The van der Waals surface area contributed by atoms with E-state index in [0.717, 1.165) is 37.7 Å². The van der Waals surface area contributed by atoms with Gasteiger partial charge in [0.2, 0.25) is 15.9 Å². The van der Waals surface area contributed by atoms with Crippen LogP contribution in [-0.2, 0) is 19.6 Å². The maximum absolute atomic E-state index is 13.1. The first kappa shape index (κ1) is 24.1. The maximum Gasteiger partial charge on any atom is 0.243 e. The molecule has 2 fully saturated rings. The van der Waals surface area contributed by atoms with Crippen LogP contribution >= 0.6 is 11.3 Å². The Bertz CT molecular complexity index is 1050. The Morgan fingerprint density at radius 3 is 2.67 bits per heavy atom. The summed E-state index contributed by atoms with van der Waals surface area (Å²) in [5.41, 5.74) is 1.14. The van der Waals surface area contributed by atoms with E-state index in [1.165, 1.54) is 4.31 Å². The summed E-state index contributed by atoms with van der Waals surface area (Å²) in [5, 5.41) is 5.92. The van der Waals surface area contributed by atoms with Crippen molar-refractivity contribution < 1.29 is 17.9 Å². The van der Waals surface area contributed by atoms with Gasteiger partial charge in [0.1, 0.15) is 0 Å². The molecular weight excluding hydrogens is 462 g/mol. The van der Waals surface area contributed by atoms with Crippen molar-refractivity contribution in [3.05, 3.63) is 35.3 Å². The van der Waals surface area contributed by atoms with Crippen molar-refractivity contribution in [1.29, 1.82) is 0 Å². The van der Waals surface area contributed by atoms with Crippen LogP contribution in [0.25, 0.3) is 0 Å². The molecule has 3 heterocycles. The van der Waals surface area contributed by atoms with E-state index in [1.54, 1.807) is 36.5 Å². The highest BCUT2D eigenvalue weighted by Gasteiger charge is 2.29. The molecule has 9 nitrogen and oxygen atoms in total. The molecule has 2 aliphatic heterocycles. The fourth-order valence-corrected chi connectivity index (χ4v) is 6.54. The van der Waals surface area contributed by atoms with Crippen LogP contribution in [0.15, 0.2) is 34.7 Å². The van der Waals surface area contributed by atoms with Gasteiger partial charge in [-0.05, 0) is 38.0 Å². The quantitative estimate of drug-likeness (QED) is 0.658. The Hall–Kier alpha value is -2.05. The molecule has 33 heavy (non-hydrogen) atoms. The van der Waals surface area contributed by atoms with Crippen LogP contribution in [0.1, 0.15) is 18.9 Å². The van der Waals surface area contributed by atoms with Crippen LogP contribution < -0.4 is 10.2 Å². The summed E-state index contributed by atoms with van der Waals surface area (Å²) in [6.45, 7) is 8.44. The van der Waals surface area contributed by atoms with Crippen molar-refractivity contribution in [2.75, 3.05) is 62.7 Å². The summed E-state index contributed by atoms with van der Waals surface area (Å²) in [6, 6.07) is 4.73. The van der Waals surface area contributed by atoms with Gasteiger partial charge in [0.05, 0.1) is 24.2 Å². The third-order valence-corrected chi connectivity index (χ3v) is 9.06. The van der Waals surface area contributed by atoms with Crippen molar-refractivity contribution in [2.45, 2.75) is 31.2 Å². The summed E-state index contributed by atoms with van der Waals surface area (Å²) in [6.07, 6.45) is 2.76. The number of thiazole rings is 1. The van der Waals surface area contributed by atoms with Crippen LogP contribution in [0, 0.1) is 6.92 Å². The monoisotopic (exact) mass is 493 g/mol. The molecule has 2 aliphatic rings. The zero-order valence-corrected chi connectivity index (χ0v) is 20.7. The maximum atomic E-state index is 13.1. The first-order valence-corrected chi connectivity index (χ1v) is 13.6. The van der Waals surface area contributed by atoms with Crippen molar-refractivity contribution in [2.24, 2.45) is 0 Å². The second-order valence-electron chi connectivity index (χ2n) is 8.35. The Morgan fingerprint density at radius 1 is 1.15 bits per heavy atom. The van der Waals surface area contributed by atoms with Gasteiger partial charge in [-0.15, -0.1) is 11.3 Å². The lowest BCUT2D eigenvalue weighted by Crippen LogP contribution is -2.44. The number of rotatable bonds is 6. The third-order valence-electron chi connectivity index (χ3n) is 6.19. The number of amides is 1. The molecule has 1 amide bonds. The minimum absolute atomic E-state index is 0.142. The number of aromatic nitrogens is 1. The summed E-state index contributed by atoms with van der Waals surface area (Å²) in [4.78, 5) is 22.1.